The second-order valence-electron chi connectivity index (χ2n) is 4.64. The minimum absolute atomic E-state index is 0.172. The summed E-state index contributed by atoms with van der Waals surface area (Å²) in [6.07, 6.45) is 3.70. The van der Waals surface area contributed by atoms with Crippen LogP contribution in [0.25, 0.3) is 0 Å². The van der Waals surface area contributed by atoms with Gasteiger partial charge in [-0.15, -0.1) is 0 Å². The fourth-order valence-corrected chi connectivity index (χ4v) is 2.80. The predicted molar refractivity (Wildman–Crippen MR) is 81.1 cm³/mol. The van der Waals surface area contributed by atoms with Crippen LogP contribution in [0.3, 0.4) is 0 Å². The minimum atomic E-state index is -0.540. The summed E-state index contributed by atoms with van der Waals surface area (Å²) in [5.41, 5.74) is -0.540. The van der Waals surface area contributed by atoms with Crippen LogP contribution >= 0.6 is 11.8 Å². The van der Waals surface area contributed by atoms with Gasteiger partial charge in [0.2, 0.25) is 0 Å². The monoisotopic (exact) mass is 278 g/mol. The van der Waals surface area contributed by atoms with Gasteiger partial charge in [0.1, 0.15) is 0 Å². The van der Waals surface area contributed by atoms with Crippen LogP contribution in [0, 0.1) is 5.41 Å². The lowest BCUT2D eigenvalue weighted by Crippen LogP contribution is -2.26. The zero-order valence-corrected chi connectivity index (χ0v) is 12.9. The summed E-state index contributed by atoms with van der Waals surface area (Å²) in [4.78, 5) is 14.3. The van der Waals surface area contributed by atoms with Crippen LogP contribution in [0.2, 0.25) is 0 Å². The molecule has 1 rings (SSSR count). The highest BCUT2D eigenvalue weighted by molar-refractivity contribution is 8.03. The number of thioether (sulfide) groups is 1. The van der Waals surface area contributed by atoms with Gasteiger partial charge in [-0.3, -0.25) is 4.79 Å². The van der Waals surface area contributed by atoms with Crippen molar-refractivity contribution in [3.05, 3.63) is 41.3 Å². The molecule has 0 N–H and O–H groups in total. The predicted octanol–water partition coefficient (Wildman–Crippen LogP) is 4.66. The average Bonchev–Trinajstić information content (AvgIpc) is 2.46. The Hall–Kier alpha value is -1.22. The van der Waals surface area contributed by atoms with Crippen molar-refractivity contribution in [2.75, 3.05) is 7.11 Å². The Morgan fingerprint density at radius 3 is 2.42 bits per heavy atom. The number of rotatable bonds is 6. The van der Waals surface area contributed by atoms with Gasteiger partial charge in [0, 0.05) is 4.90 Å². The van der Waals surface area contributed by atoms with Crippen molar-refractivity contribution in [3.63, 3.8) is 0 Å². The summed E-state index contributed by atoms with van der Waals surface area (Å²) >= 11 is 1.71. The molecule has 0 saturated heterocycles. The molecule has 0 spiro atoms. The number of hydrogen-bond donors (Lipinski definition) is 0. The number of hydrogen-bond acceptors (Lipinski definition) is 3. The molecular weight excluding hydrogens is 256 g/mol. The number of allylic oxidation sites excluding steroid dienone is 1. The van der Waals surface area contributed by atoms with Crippen LogP contribution in [-0.4, -0.2) is 13.1 Å². The topological polar surface area (TPSA) is 26.3 Å². The minimum Gasteiger partial charge on any atom is -0.468 e. The SMILES string of the molecule is CCC(=CC(C)(CC)C(=O)OC)Sc1ccccc1. The molecule has 0 aliphatic carbocycles. The van der Waals surface area contributed by atoms with Gasteiger partial charge in [0.25, 0.3) is 0 Å². The first-order valence-electron chi connectivity index (χ1n) is 6.58. The molecule has 0 aliphatic heterocycles. The Morgan fingerprint density at radius 1 is 1.32 bits per heavy atom. The zero-order chi connectivity index (χ0) is 14.3. The van der Waals surface area contributed by atoms with Gasteiger partial charge in [-0.25, -0.2) is 0 Å². The number of carbonyl (C=O) groups excluding carboxylic acids is 1. The molecule has 19 heavy (non-hydrogen) atoms. The normalized spacial score (nSPS) is 14.8. The number of carbonyl (C=O) groups is 1. The van der Waals surface area contributed by atoms with Gasteiger partial charge in [-0.05, 0) is 36.8 Å². The third kappa shape index (κ3) is 4.43. The molecule has 0 radical (unpaired) electrons. The summed E-state index contributed by atoms with van der Waals surface area (Å²) in [6, 6.07) is 10.2. The summed E-state index contributed by atoms with van der Waals surface area (Å²) in [5.74, 6) is -0.172. The van der Waals surface area contributed by atoms with E-state index in [2.05, 4.69) is 25.1 Å². The largest absolute Gasteiger partial charge is 0.468 e. The van der Waals surface area contributed by atoms with E-state index in [-0.39, 0.29) is 5.97 Å². The first-order chi connectivity index (χ1) is 9.05. The highest BCUT2D eigenvalue weighted by Gasteiger charge is 2.30. The van der Waals surface area contributed by atoms with E-state index in [0.717, 1.165) is 12.8 Å². The first-order valence-corrected chi connectivity index (χ1v) is 7.40. The molecule has 0 amide bonds. The Bertz CT molecular complexity index is 439. The molecule has 0 aromatic heterocycles. The summed E-state index contributed by atoms with van der Waals surface area (Å²) in [5, 5.41) is 0. The van der Waals surface area contributed by atoms with Crippen molar-refractivity contribution in [1.82, 2.24) is 0 Å². The highest BCUT2D eigenvalue weighted by atomic mass is 32.2. The Labute approximate surface area is 120 Å². The Balaban J connectivity index is 2.94. The molecule has 104 valence electrons. The van der Waals surface area contributed by atoms with E-state index in [0.29, 0.717) is 0 Å². The average molecular weight is 278 g/mol. The molecule has 1 unspecified atom stereocenters. The third-order valence-corrected chi connectivity index (χ3v) is 4.38. The molecule has 1 aromatic carbocycles. The molecule has 3 heteroatoms. The van der Waals surface area contributed by atoms with Crippen molar-refractivity contribution < 1.29 is 9.53 Å². The van der Waals surface area contributed by atoms with E-state index < -0.39 is 5.41 Å². The van der Waals surface area contributed by atoms with E-state index in [1.165, 1.54) is 16.9 Å². The third-order valence-electron chi connectivity index (χ3n) is 3.21. The number of methoxy groups -OCH3 is 1. The van der Waals surface area contributed by atoms with Crippen LogP contribution in [0.15, 0.2) is 46.2 Å². The van der Waals surface area contributed by atoms with Gasteiger partial charge in [0.05, 0.1) is 12.5 Å². The quantitative estimate of drug-likeness (QED) is 0.559. The van der Waals surface area contributed by atoms with Crippen molar-refractivity contribution in [3.8, 4) is 0 Å². The lowest BCUT2D eigenvalue weighted by Gasteiger charge is -2.22. The van der Waals surface area contributed by atoms with Crippen LogP contribution in [0.1, 0.15) is 33.6 Å². The van der Waals surface area contributed by atoms with Gasteiger partial charge in [-0.1, -0.05) is 49.9 Å². The van der Waals surface area contributed by atoms with E-state index in [4.69, 9.17) is 4.74 Å². The molecular formula is C16H22O2S. The van der Waals surface area contributed by atoms with Crippen molar-refractivity contribution >= 4 is 17.7 Å². The number of ether oxygens (including phenoxy) is 1. The van der Waals surface area contributed by atoms with Crippen molar-refractivity contribution in [2.45, 2.75) is 38.5 Å². The smallest absolute Gasteiger partial charge is 0.315 e. The second-order valence-corrected chi connectivity index (χ2v) is 5.84. The molecule has 1 atom stereocenters. The summed E-state index contributed by atoms with van der Waals surface area (Å²) in [7, 11) is 1.44. The lowest BCUT2D eigenvalue weighted by atomic mass is 9.87. The van der Waals surface area contributed by atoms with Crippen LogP contribution in [0.4, 0.5) is 0 Å². The van der Waals surface area contributed by atoms with E-state index in [1.54, 1.807) is 11.8 Å². The maximum atomic E-state index is 11.9. The maximum absolute atomic E-state index is 11.9. The van der Waals surface area contributed by atoms with Gasteiger partial charge < -0.3 is 4.74 Å². The van der Waals surface area contributed by atoms with E-state index >= 15 is 0 Å². The molecule has 1 aromatic rings. The number of esters is 1. The van der Waals surface area contributed by atoms with Gasteiger partial charge in [-0.2, -0.15) is 0 Å². The Kier molecular flexibility index (Phi) is 6.16. The molecule has 0 aliphatic rings. The Morgan fingerprint density at radius 2 is 1.95 bits per heavy atom. The van der Waals surface area contributed by atoms with Crippen LogP contribution in [-0.2, 0) is 9.53 Å². The van der Waals surface area contributed by atoms with Crippen LogP contribution in [0.5, 0.6) is 0 Å². The lowest BCUT2D eigenvalue weighted by molar-refractivity contribution is -0.149. The fourth-order valence-electron chi connectivity index (χ4n) is 1.74. The highest BCUT2D eigenvalue weighted by Crippen LogP contribution is 2.34. The van der Waals surface area contributed by atoms with E-state index in [9.17, 15) is 4.79 Å². The summed E-state index contributed by atoms with van der Waals surface area (Å²) in [6.45, 7) is 6.04. The first kappa shape index (κ1) is 15.8. The van der Waals surface area contributed by atoms with Crippen molar-refractivity contribution in [2.24, 2.45) is 5.41 Å². The van der Waals surface area contributed by atoms with Crippen molar-refractivity contribution in [1.29, 1.82) is 0 Å². The van der Waals surface area contributed by atoms with Gasteiger partial charge >= 0.3 is 5.97 Å². The molecule has 0 heterocycles. The van der Waals surface area contributed by atoms with Gasteiger partial charge in [0.15, 0.2) is 0 Å². The summed E-state index contributed by atoms with van der Waals surface area (Å²) < 4.78 is 4.91. The van der Waals surface area contributed by atoms with E-state index in [1.807, 2.05) is 32.0 Å². The molecule has 0 fully saturated rings. The second kappa shape index (κ2) is 7.39. The number of benzene rings is 1. The standard InChI is InChI=1S/C16H22O2S/c1-5-13(19-14-10-8-7-9-11-14)12-16(3,6-2)15(17)18-4/h7-12H,5-6H2,1-4H3. The maximum Gasteiger partial charge on any atom is 0.315 e. The molecule has 2 nitrogen and oxygen atoms in total. The zero-order valence-electron chi connectivity index (χ0n) is 12.1. The van der Waals surface area contributed by atoms with Crippen LogP contribution < -0.4 is 0 Å². The molecule has 0 saturated carbocycles. The molecule has 0 bridgehead atoms. The fraction of sp³-hybridized carbons (Fsp3) is 0.438.